The second-order valence-corrected chi connectivity index (χ2v) is 8.18. The monoisotopic (exact) mass is 457 g/mol. The molecule has 34 heavy (non-hydrogen) atoms. The number of hydrogen-bond donors (Lipinski definition) is 2. The minimum atomic E-state index is -0.878. The van der Waals surface area contributed by atoms with Crippen molar-refractivity contribution < 1.29 is 19.2 Å². The average molecular weight is 458 g/mol. The van der Waals surface area contributed by atoms with Crippen molar-refractivity contribution in [2.75, 3.05) is 7.11 Å². The minimum absolute atomic E-state index is 0.435. The zero-order valence-electron chi connectivity index (χ0n) is 19.4. The van der Waals surface area contributed by atoms with Crippen molar-refractivity contribution in [2.24, 2.45) is 0 Å². The lowest BCUT2D eigenvalue weighted by molar-refractivity contribution is -0.139. The van der Waals surface area contributed by atoms with E-state index in [2.05, 4.69) is 40.6 Å². The highest BCUT2D eigenvalue weighted by molar-refractivity contribution is 5.74. The van der Waals surface area contributed by atoms with E-state index in [1.165, 1.54) is 11.1 Å². The summed E-state index contributed by atoms with van der Waals surface area (Å²) in [6, 6.07) is 21.4. The zero-order chi connectivity index (χ0) is 24.1. The third kappa shape index (κ3) is 5.22. The number of carboxylic acids is 1. The maximum absolute atomic E-state index is 10.9. The molecule has 0 aliphatic rings. The van der Waals surface area contributed by atoms with Crippen LogP contribution in [0.15, 0.2) is 71.3 Å². The van der Waals surface area contributed by atoms with Gasteiger partial charge in [-0.3, -0.25) is 4.79 Å². The lowest BCUT2D eigenvalue weighted by Gasteiger charge is -2.12. The summed E-state index contributed by atoms with van der Waals surface area (Å²) in [7, 11) is 1.68. The quantitative estimate of drug-likeness (QED) is 0.361. The van der Waals surface area contributed by atoms with Crippen LogP contribution in [0.2, 0.25) is 0 Å². The van der Waals surface area contributed by atoms with E-state index in [9.17, 15) is 4.79 Å². The second kappa shape index (κ2) is 10.4. The molecule has 0 saturated carbocycles. The Morgan fingerprint density at radius 3 is 2.50 bits per heavy atom. The highest BCUT2D eigenvalue weighted by atomic mass is 16.5. The van der Waals surface area contributed by atoms with Crippen LogP contribution in [0.4, 0.5) is 0 Å². The van der Waals surface area contributed by atoms with Crippen molar-refractivity contribution in [1.29, 1.82) is 0 Å². The summed E-state index contributed by atoms with van der Waals surface area (Å²) in [6.07, 6.45) is 0. The fraction of sp³-hybridized carbons (Fsp3) is 0.222. The normalized spacial score (nSPS) is 12.0. The van der Waals surface area contributed by atoms with Crippen molar-refractivity contribution in [1.82, 2.24) is 15.5 Å². The standard InChI is InChI=1S/C27H27N3O4/c1-17-6-4-5-7-23(17)24-13-12-21(14-22(24)16-33-3)26-29-25(30-34-26)20-10-8-19(9-11-20)15-28-18(2)27(31)32/h4-14,18,28H,15-16H2,1-3H3,(H,31,32)/t18-/m1/s1. The van der Waals surface area contributed by atoms with Crippen LogP contribution in [0.3, 0.4) is 0 Å². The Kier molecular flexibility index (Phi) is 7.15. The van der Waals surface area contributed by atoms with Crippen LogP contribution in [-0.2, 0) is 22.7 Å². The van der Waals surface area contributed by atoms with Crippen molar-refractivity contribution in [3.05, 3.63) is 83.4 Å². The number of carboxylic acid groups (broad SMARTS) is 1. The topological polar surface area (TPSA) is 97.5 Å². The first kappa shape index (κ1) is 23.4. The Morgan fingerprint density at radius 2 is 1.79 bits per heavy atom. The Morgan fingerprint density at radius 1 is 1.06 bits per heavy atom. The molecule has 0 radical (unpaired) electrons. The van der Waals surface area contributed by atoms with E-state index in [0.717, 1.165) is 27.8 Å². The third-order valence-electron chi connectivity index (χ3n) is 5.71. The summed E-state index contributed by atoms with van der Waals surface area (Å²) in [4.78, 5) is 15.5. The predicted octanol–water partition coefficient (Wildman–Crippen LogP) is 5.09. The van der Waals surface area contributed by atoms with Crippen LogP contribution in [0.25, 0.3) is 34.0 Å². The number of nitrogens with zero attached hydrogens (tertiary/aromatic N) is 2. The highest BCUT2D eigenvalue weighted by Crippen LogP contribution is 2.31. The number of hydrogen-bond acceptors (Lipinski definition) is 6. The molecule has 174 valence electrons. The van der Waals surface area contributed by atoms with E-state index in [0.29, 0.717) is 24.9 Å². The lowest BCUT2D eigenvalue weighted by Crippen LogP contribution is -2.33. The smallest absolute Gasteiger partial charge is 0.320 e. The molecule has 3 aromatic carbocycles. The maximum Gasteiger partial charge on any atom is 0.320 e. The molecule has 0 saturated heterocycles. The Balaban J connectivity index is 1.55. The van der Waals surface area contributed by atoms with Gasteiger partial charge in [-0.2, -0.15) is 4.98 Å². The molecule has 4 aromatic rings. The van der Waals surface area contributed by atoms with Gasteiger partial charge in [0.15, 0.2) is 0 Å². The molecule has 2 N–H and O–H groups in total. The SMILES string of the molecule is COCc1cc(-c2nc(-c3ccc(CN[C@H](C)C(=O)O)cc3)no2)ccc1-c1ccccc1C. The van der Waals surface area contributed by atoms with E-state index in [4.69, 9.17) is 14.4 Å². The van der Waals surface area contributed by atoms with Gasteiger partial charge in [0.05, 0.1) is 6.61 Å². The molecule has 1 heterocycles. The average Bonchev–Trinajstić information content (AvgIpc) is 3.34. The fourth-order valence-corrected chi connectivity index (χ4v) is 3.73. The third-order valence-corrected chi connectivity index (χ3v) is 5.71. The molecule has 1 aromatic heterocycles. The van der Waals surface area contributed by atoms with Gasteiger partial charge in [-0.05, 0) is 53.8 Å². The molecule has 0 aliphatic carbocycles. The Labute approximate surface area is 198 Å². The second-order valence-electron chi connectivity index (χ2n) is 8.18. The van der Waals surface area contributed by atoms with Gasteiger partial charge in [-0.25, -0.2) is 0 Å². The van der Waals surface area contributed by atoms with E-state index in [1.54, 1.807) is 14.0 Å². The zero-order valence-corrected chi connectivity index (χ0v) is 19.4. The van der Waals surface area contributed by atoms with Crippen molar-refractivity contribution in [3.63, 3.8) is 0 Å². The van der Waals surface area contributed by atoms with E-state index in [1.807, 2.05) is 48.5 Å². The lowest BCUT2D eigenvalue weighted by atomic mass is 9.94. The van der Waals surface area contributed by atoms with Crippen LogP contribution >= 0.6 is 0 Å². The number of aliphatic carboxylic acids is 1. The Hall–Kier alpha value is -3.81. The summed E-state index contributed by atoms with van der Waals surface area (Å²) < 4.78 is 11.0. The molecule has 1 atom stereocenters. The number of nitrogens with one attached hydrogen (secondary N) is 1. The maximum atomic E-state index is 10.9. The van der Waals surface area contributed by atoms with Gasteiger partial charge in [0.25, 0.3) is 5.89 Å². The molecule has 0 amide bonds. The molecule has 0 aliphatic heterocycles. The molecule has 0 spiro atoms. The van der Waals surface area contributed by atoms with E-state index < -0.39 is 12.0 Å². The molecule has 0 unspecified atom stereocenters. The predicted molar refractivity (Wildman–Crippen MR) is 130 cm³/mol. The van der Waals surface area contributed by atoms with Crippen molar-refractivity contribution >= 4 is 5.97 Å². The van der Waals surface area contributed by atoms with Crippen molar-refractivity contribution in [3.8, 4) is 34.0 Å². The Bertz CT molecular complexity index is 1280. The van der Waals surface area contributed by atoms with E-state index >= 15 is 0 Å². The van der Waals surface area contributed by atoms with Crippen LogP contribution in [0.1, 0.15) is 23.6 Å². The van der Waals surface area contributed by atoms with Gasteiger partial charge in [-0.1, -0.05) is 59.8 Å². The number of carbonyl (C=O) groups is 1. The molecule has 4 rings (SSSR count). The number of ether oxygens (including phenoxy) is 1. The first-order valence-corrected chi connectivity index (χ1v) is 11.0. The summed E-state index contributed by atoms with van der Waals surface area (Å²) in [6.45, 7) is 4.64. The minimum Gasteiger partial charge on any atom is -0.480 e. The first-order valence-electron chi connectivity index (χ1n) is 11.0. The molecule has 0 fully saturated rings. The van der Waals surface area contributed by atoms with Gasteiger partial charge in [0.2, 0.25) is 5.82 Å². The molecular weight excluding hydrogens is 430 g/mol. The summed E-state index contributed by atoms with van der Waals surface area (Å²) in [5.41, 5.74) is 7.14. The molecule has 7 heteroatoms. The summed E-state index contributed by atoms with van der Waals surface area (Å²) >= 11 is 0. The molecular formula is C27H27N3O4. The van der Waals surface area contributed by atoms with Gasteiger partial charge in [0, 0.05) is 24.8 Å². The van der Waals surface area contributed by atoms with Crippen LogP contribution < -0.4 is 5.32 Å². The summed E-state index contributed by atoms with van der Waals surface area (Å²) in [5.74, 6) is 0.0472. The number of aromatic nitrogens is 2. The van der Waals surface area contributed by atoms with Gasteiger partial charge >= 0.3 is 5.97 Å². The molecule has 7 nitrogen and oxygen atoms in total. The number of aryl methyl sites for hydroxylation is 1. The van der Waals surface area contributed by atoms with Gasteiger partial charge in [-0.15, -0.1) is 0 Å². The molecule has 0 bridgehead atoms. The number of rotatable bonds is 9. The van der Waals surface area contributed by atoms with Crippen LogP contribution in [0, 0.1) is 6.92 Å². The fourth-order valence-electron chi connectivity index (χ4n) is 3.73. The number of methoxy groups -OCH3 is 1. The van der Waals surface area contributed by atoms with Crippen LogP contribution in [0.5, 0.6) is 0 Å². The van der Waals surface area contributed by atoms with Gasteiger partial charge in [0.1, 0.15) is 6.04 Å². The number of benzene rings is 3. The summed E-state index contributed by atoms with van der Waals surface area (Å²) in [5, 5.41) is 16.1. The van der Waals surface area contributed by atoms with Crippen LogP contribution in [-0.4, -0.2) is 34.4 Å². The van der Waals surface area contributed by atoms with Crippen molar-refractivity contribution in [2.45, 2.75) is 33.0 Å². The van der Waals surface area contributed by atoms with E-state index in [-0.39, 0.29) is 0 Å². The van der Waals surface area contributed by atoms with Gasteiger partial charge < -0.3 is 19.7 Å². The highest BCUT2D eigenvalue weighted by Gasteiger charge is 2.15. The largest absolute Gasteiger partial charge is 0.480 e. The first-order chi connectivity index (χ1) is 16.5.